The first kappa shape index (κ1) is 8.92. The molecule has 0 bridgehead atoms. The lowest BCUT2D eigenvalue weighted by atomic mass is 10.0. The SMILES string of the molecule is [CH2][CH][C](C)CC(O)CO. The van der Waals surface area contributed by atoms with Gasteiger partial charge in [-0.15, -0.1) is 0 Å². The maximum absolute atomic E-state index is 8.84. The van der Waals surface area contributed by atoms with Gasteiger partial charge in [0.25, 0.3) is 0 Å². The average Bonchev–Trinajstić information content (AvgIpc) is 1.87. The second-order valence-corrected chi connectivity index (χ2v) is 2.09. The lowest BCUT2D eigenvalue weighted by Gasteiger charge is -2.10. The van der Waals surface area contributed by atoms with Crippen molar-refractivity contribution in [2.24, 2.45) is 0 Å². The van der Waals surface area contributed by atoms with Crippen LogP contribution in [0.5, 0.6) is 0 Å². The van der Waals surface area contributed by atoms with E-state index in [-0.39, 0.29) is 6.61 Å². The fourth-order valence-corrected chi connectivity index (χ4v) is 0.520. The van der Waals surface area contributed by atoms with E-state index in [1.165, 1.54) is 0 Å². The molecule has 0 saturated heterocycles. The number of hydrogen-bond donors (Lipinski definition) is 2. The summed E-state index contributed by atoms with van der Waals surface area (Å²) in [5.41, 5.74) is 0. The third kappa shape index (κ3) is 4.43. The molecule has 0 aromatic heterocycles. The van der Waals surface area contributed by atoms with Crippen LogP contribution in [0.25, 0.3) is 0 Å². The molecule has 0 aliphatic heterocycles. The molecule has 0 saturated carbocycles. The normalized spacial score (nSPS) is 14.3. The predicted octanol–water partition coefficient (Wildman–Crippen LogP) is 0.362. The van der Waals surface area contributed by atoms with Gasteiger partial charge in [0.1, 0.15) is 0 Å². The van der Waals surface area contributed by atoms with Crippen LogP contribution in [0.3, 0.4) is 0 Å². The van der Waals surface area contributed by atoms with Gasteiger partial charge < -0.3 is 10.2 Å². The number of hydrogen-bond acceptors (Lipinski definition) is 2. The number of aliphatic hydroxyl groups excluding tert-OH is 2. The van der Waals surface area contributed by atoms with Crippen molar-refractivity contribution in [1.29, 1.82) is 0 Å². The van der Waals surface area contributed by atoms with E-state index >= 15 is 0 Å². The van der Waals surface area contributed by atoms with E-state index < -0.39 is 6.10 Å². The Hall–Kier alpha value is -0.0800. The average molecular weight is 129 g/mol. The summed E-state index contributed by atoms with van der Waals surface area (Å²) >= 11 is 0. The molecule has 3 radical (unpaired) electrons. The molecule has 0 rings (SSSR count). The van der Waals surface area contributed by atoms with Crippen LogP contribution in [-0.4, -0.2) is 22.9 Å². The first-order valence-electron chi connectivity index (χ1n) is 2.94. The van der Waals surface area contributed by atoms with Crippen LogP contribution in [-0.2, 0) is 0 Å². The van der Waals surface area contributed by atoms with E-state index in [9.17, 15) is 0 Å². The van der Waals surface area contributed by atoms with Gasteiger partial charge in [-0.1, -0.05) is 6.92 Å². The van der Waals surface area contributed by atoms with Crippen LogP contribution < -0.4 is 0 Å². The first-order valence-corrected chi connectivity index (χ1v) is 2.94. The quantitative estimate of drug-likeness (QED) is 0.575. The van der Waals surface area contributed by atoms with E-state index in [2.05, 4.69) is 6.92 Å². The second-order valence-electron chi connectivity index (χ2n) is 2.09. The van der Waals surface area contributed by atoms with Gasteiger partial charge in [0.2, 0.25) is 0 Å². The second kappa shape index (κ2) is 4.77. The van der Waals surface area contributed by atoms with Crippen LogP contribution in [0.15, 0.2) is 0 Å². The summed E-state index contributed by atoms with van der Waals surface area (Å²) in [7, 11) is 0. The zero-order valence-corrected chi connectivity index (χ0v) is 5.67. The molecule has 0 fully saturated rings. The van der Waals surface area contributed by atoms with Crippen molar-refractivity contribution in [2.45, 2.75) is 19.4 Å². The highest BCUT2D eigenvalue weighted by molar-refractivity contribution is 5.01. The van der Waals surface area contributed by atoms with Crippen LogP contribution in [0.4, 0.5) is 0 Å². The molecule has 9 heavy (non-hydrogen) atoms. The van der Waals surface area contributed by atoms with Gasteiger partial charge >= 0.3 is 0 Å². The van der Waals surface area contributed by atoms with Crippen molar-refractivity contribution >= 4 is 0 Å². The van der Waals surface area contributed by atoms with Gasteiger partial charge in [-0.2, -0.15) is 0 Å². The molecule has 2 heteroatoms. The molecule has 0 aliphatic rings. The van der Waals surface area contributed by atoms with Gasteiger partial charge in [-0.25, -0.2) is 0 Å². The smallest absolute Gasteiger partial charge is 0.0776 e. The molecule has 0 aromatic rings. The Kier molecular flexibility index (Phi) is 4.72. The Balaban J connectivity index is 3.22. The fraction of sp³-hybridized carbons (Fsp3) is 0.571. The summed E-state index contributed by atoms with van der Waals surface area (Å²) in [6.45, 7) is 5.21. The topological polar surface area (TPSA) is 40.5 Å². The molecule has 0 aliphatic carbocycles. The molecule has 0 amide bonds. The zero-order chi connectivity index (χ0) is 7.28. The summed E-state index contributed by atoms with van der Waals surface area (Å²) in [5.74, 6) is 0.997. The van der Waals surface area contributed by atoms with Gasteiger partial charge in [-0.05, 0) is 25.7 Å². The maximum Gasteiger partial charge on any atom is 0.0776 e. The summed E-state index contributed by atoms with van der Waals surface area (Å²) in [5, 5.41) is 17.2. The van der Waals surface area contributed by atoms with E-state index in [0.717, 1.165) is 5.92 Å². The van der Waals surface area contributed by atoms with E-state index in [4.69, 9.17) is 10.2 Å². The van der Waals surface area contributed by atoms with Crippen molar-refractivity contribution in [1.82, 2.24) is 0 Å². The Bertz CT molecular complexity index is 55.9. The van der Waals surface area contributed by atoms with Crippen LogP contribution >= 0.6 is 0 Å². The van der Waals surface area contributed by atoms with Crippen molar-refractivity contribution in [2.75, 3.05) is 6.61 Å². The molecular weight excluding hydrogens is 116 g/mol. The Morgan fingerprint density at radius 2 is 2.33 bits per heavy atom. The predicted molar refractivity (Wildman–Crippen MR) is 36.3 cm³/mol. The summed E-state index contributed by atoms with van der Waals surface area (Å²) in [6.07, 6.45) is 1.57. The van der Waals surface area contributed by atoms with Gasteiger partial charge in [0.05, 0.1) is 12.7 Å². The molecular formula is C7H13O2. The molecule has 0 aromatic carbocycles. The highest BCUT2D eigenvalue weighted by atomic mass is 16.3. The molecule has 0 spiro atoms. The van der Waals surface area contributed by atoms with Gasteiger partial charge in [0.15, 0.2) is 0 Å². The van der Waals surface area contributed by atoms with Crippen molar-refractivity contribution < 1.29 is 10.2 Å². The highest BCUT2D eigenvalue weighted by Crippen LogP contribution is 2.09. The van der Waals surface area contributed by atoms with Crippen molar-refractivity contribution in [3.63, 3.8) is 0 Å². The monoisotopic (exact) mass is 129 g/mol. The van der Waals surface area contributed by atoms with Crippen molar-refractivity contribution in [3.8, 4) is 0 Å². The van der Waals surface area contributed by atoms with Crippen molar-refractivity contribution in [3.05, 3.63) is 19.3 Å². The molecule has 1 unspecified atom stereocenters. The van der Waals surface area contributed by atoms with E-state index in [1.54, 1.807) is 6.42 Å². The minimum Gasteiger partial charge on any atom is -0.394 e. The standard InChI is InChI=1S/C7H13O2/c1-3-6(2)4-7(9)5-8/h3,7-9H,1,4-5H2,2H3. The molecule has 2 nitrogen and oxygen atoms in total. The maximum atomic E-state index is 8.84. The third-order valence-electron chi connectivity index (χ3n) is 1.12. The highest BCUT2D eigenvalue weighted by Gasteiger charge is 2.06. The number of rotatable bonds is 4. The van der Waals surface area contributed by atoms with E-state index in [1.807, 2.05) is 6.92 Å². The first-order chi connectivity index (χ1) is 4.20. The Morgan fingerprint density at radius 3 is 2.67 bits per heavy atom. The zero-order valence-electron chi connectivity index (χ0n) is 5.67. The molecule has 1 atom stereocenters. The van der Waals surface area contributed by atoms with E-state index in [0.29, 0.717) is 6.42 Å². The van der Waals surface area contributed by atoms with Crippen LogP contribution in [0.2, 0.25) is 0 Å². The number of aliphatic hydroxyl groups is 2. The Labute approximate surface area is 56.5 Å². The van der Waals surface area contributed by atoms with Gasteiger partial charge in [0, 0.05) is 0 Å². The molecule has 0 heterocycles. The largest absolute Gasteiger partial charge is 0.394 e. The van der Waals surface area contributed by atoms with Crippen LogP contribution in [0, 0.1) is 19.3 Å². The van der Waals surface area contributed by atoms with Gasteiger partial charge in [-0.3, -0.25) is 0 Å². The minimum atomic E-state index is -0.622. The minimum absolute atomic E-state index is 0.175. The lowest BCUT2D eigenvalue weighted by Crippen LogP contribution is -2.14. The Morgan fingerprint density at radius 1 is 1.78 bits per heavy atom. The summed E-state index contributed by atoms with van der Waals surface area (Å²) < 4.78 is 0. The van der Waals surface area contributed by atoms with Crippen LogP contribution in [0.1, 0.15) is 13.3 Å². The third-order valence-corrected chi connectivity index (χ3v) is 1.12. The molecule has 2 N–H and O–H groups in total. The fourth-order valence-electron chi connectivity index (χ4n) is 0.520. The summed E-state index contributed by atoms with van der Waals surface area (Å²) in [4.78, 5) is 0. The lowest BCUT2D eigenvalue weighted by molar-refractivity contribution is 0.0921. The molecule has 53 valence electrons. The summed E-state index contributed by atoms with van der Waals surface area (Å²) in [6, 6.07) is 0.